The Balaban J connectivity index is 2.06. The van der Waals surface area contributed by atoms with Crippen LogP contribution in [0.2, 0.25) is 0 Å². The summed E-state index contributed by atoms with van der Waals surface area (Å²) in [4.78, 5) is 11.6. The summed E-state index contributed by atoms with van der Waals surface area (Å²) in [5, 5.41) is 0. The van der Waals surface area contributed by atoms with E-state index in [4.69, 9.17) is 10.5 Å². The lowest BCUT2D eigenvalue weighted by atomic mass is 10.2. The first kappa shape index (κ1) is 10.5. The van der Waals surface area contributed by atoms with Crippen LogP contribution >= 0.6 is 15.9 Å². The molecule has 2 rings (SSSR count). The van der Waals surface area contributed by atoms with Gasteiger partial charge in [0, 0.05) is 4.47 Å². The summed E-state index contributed by atoms with van der Waals surface area (Å²) < 4.78 is 5.87. The molecular formula is C11H12BrNO2. The van der Waals surface area contributed by atoms with E-state index in [1.165, 1.54) is 12.8 Å². The summed E-state index contributed by atoms with van der Waals surface area (Å²) in [7, 11) is 0. The van der Waals surface area contributed by atoms with Gasteiger partial charge in [-0.05, 0) is 46.8 Å². The van der Waals surface area contributed by atoms with Crippen molar-refractivity contribution in [3.63, 3.8) is 0 Å². The zero-order chi connectivity index (χ0) is 10.8. The van der Waals surface area contributed by atoms with Crippen molar-refractivity contribution in [3.8, 4) is 0 Å². The Morgan fingerprint density at radius 3 is 2.93 bits per heavy atom. The van der Waals surface area contributed by atoms with Crippen molar-refractivity contribution in [2.45, 2.75) is 12.8 Å². The maximum absolute atomic E-state index is 11.6. The summed E-state index contributed by atoms with van der Waals surface area (Å²) in [5.41, 5.74) is 6.64. The highest BCUT2D eigenvalue weighted by Crippen LogP contribution is 2.30. The molecule has 0 atom stereocenters. The summed E-state index contributed by atoms with van der Waals surface area (Å²) in [6, 6.07) is 5.25. The Hall–Kier alpha value is -1.03. The van der Waals surface area contributed by atoms with Crippen LogP contribution in [0, 0.1) is 5.92 Å². The number of nitrogen functional groups attached to an aromatic ring is 1. The number of rotatable bonds is 3. The van der Waals surface area contributed by atoms with Crippen LogP contribution in [-0.4, -0.2) is 12.6 Å². The quantitative estimate of drug-likeness (QED) is 0.678. The third-order valence-corrected chi connectivity index (χ3v) is 3.11. The van der Waals surface area contributed by atoms with Crippen LogP contribution in [0.3, 0.4) is 0 Å². The van der Waals surface area contributed by atoms with Gasteiger partial charge in [-0.1, -0.05) is 6.07 Å². The predicted octanol–water partition coefficient (Wildman–Crippen LogP) is 2.60. The van der Waals surface area contributed by atoms with Gasteiger partial charge in [-0.25, -0.2) is 4.79 Å². The zero-order valence-corrected chi connectivity index (χ0v) is 9.79. The van der Waals surface area contributed by atoms with Gasteiger partial charge in [0.1, 0.15) is 0 Å². The Kier molecular flexibility index (Phi) is 2.95. The Morgan fingerprint density at radius 1 is 1.53 bits per heavy atom. The Labute approximate surface area is 96.7 Å². The third kappa shape index (κ3) is 2.50. The average molecular weight is 270 g/mol. The van der Waals surface area contributed by atoms with Gasteiger partial charge in [-0.15, -0.1) is 0 Å². The van der Waals surface area contributed by atoms with Crippen LogP contribution in [0.4, 0.5) is 5.69 Å². The Bertz CT molecular complexity index is 388. The maximum Gasteiger partial charge on any atom is 0.340 e. The molecule has 80 valence electrons. The number of ether oxygens (including phenoxy) is 1. The average Bonchev–Trinajstić information content (AvgIpc) is 3.02. The largest absolute Gasteiger partial charge is 0.462 e. The normalized spacial score (nSPS) is 15.0. The molecule has 2 N–H and O–H groups in total. The number of carbonyl (C=O) groups excluding carboxylic acids is 1. The van der Waals surface area contributed by atoms with Crippen LogP contribution in [0.5, 0.6) is 0 Å². The van der Waals surface area contributed by atoms with Crippen molar-refractivity contribution < 1.29 is 9.53 Å². The van der Waals surface area contributed by atoms with E-state index in [1.54, 1.807) is 18.2 Å². The second-order valence-corrected chi connectivity index (χ2v) is 4.60. The number of halogens is 1. The second-order valence-electron chi connectivity index (χ2n) is 3.74. The summed E-state index contributed by atoms with van der Waals surface area (Å²) >= 11 is 3.27. The number of esters is 1. The molecule has 1 aliphatic rings. The number of hydrogen-bond donors (Lipinski definition) is 1. The molecule has 0 bridgehead atoms. The Morgan fingerprint density at radius 2 is 2.27 bits per heavy atom. The van der Waals surface area contributed by atoms with E-state index in [9.17, 15) is 4.79 Å². The minimum atomic E-state index is -0.333. The lowest BCUT2D eigenvalue weighted by Crippen LogP contribution is -2.10. The fraction of sp³-hybridized carbons (Fsp3) is 0.364. The van der Waals surface area contributed by atoms with Crippen molar-refractivity contribution in [2.24, 2.45) is 5.92 Å². The monoisotopic (exact) mass is 269 g/mol. The first-order valence-corrected chi connectivity index (χ1v) is 5.69. The molecular weight excluding hydrogens is 258 g/mol. The van der Waals surface area contributed by atoms with E-state index in [0.29, 0.717) is 23.8 Å². The van der Waals surface area contributed by atoms with E-state index in [0.717, 1.165) is 4.47 Å². The van der Waals surface area contributed by atoms with Gasteiger partial charge < -0.3 is 10.5 Å². The number of carbonyl (C=O) groups is 1. The SMILES string of the molecule is Nc1c(Br)cccc1C(=O)OCC1CC1. The van der Waals surface area contributed by atoms with Gasteiger partial charge in [-0.2, -0.15) is 0 Å². The molecule has 1 aromatic carbocycles. The van der Waals surface area contributed by atoms with Gasteiger partial charge in [0.25, 0.3) is 0 Å². The summed E-state index contributed by atoms with van der Waals surface area (Å²) in [6.07, 6.45) is 2.34. The van der Waals surface area contributed by atoms with Crippen molar-refractivity contribution in [1.29, 1.82) is 0 Å². The molecule has 15 heavy (non-hydrogen) atoms. The van der Waals surface area contributed by atoms with Crippen molar-refractivity contribution >= 4 is 27.6 Å². The van der Waals surface area contributed by atoms with E-state index >= 15 is 0 Å². The lowest BCUT2D eigenvalue weighted by molar-refractivity contribution is 0.0487. The van der Waals surface area contributed by atoms with Crippen LogP contribution < -0.4 is 5.73 Å². The fourth-order valence-electron chi connectivity index (χ4n) is 1.27. The topological polar surface area (TPSA) is 52.3 Å². The van der Waals surface area contributed by atoms with Crippen molar-refractivity contribution in [2.75, 3.05) is 12.3 Å². The van der Waals surface area contributed by atoms with Crippen molar-refractivity contribution in [3.05, 3.63) is 28.2 Å². The molecule has 0 aromatic heterocycles. The van der Waals surface area contributed by atoms with Gasteiger partial charge in [0.2, 0.25) is 0 Å². The minimum Gasteiger partial charge on any atom is -0.462 e. The zero-order valence-electron chi connectivity index (χ0n) is 8.20. The van der Waals surface area contributed by atoms with E-state index in [-0.39, 0.29) is 5.97 Å². The highest BCUT2D eigenvalue weighted by Gasteiger charge is 2.24. The minimum absolute atomic E-state index is 0.333. The highest BCUT2D eigenvalue weighted by atomic mass is 79.9. The lowest BCUT2D eigenvalue weighted by Gasteiger charge is -2.07. The number of para-hydroxylation sites is 1. The predicted molar refractivity (Wildman–Crippen MR) is 61.6 cm³/mol. The molecule has 1 aromatic rings. The number of hydrogen-bond acceptors (Lipinski definition) is 3. The van der Waals surface area contributed by atoms with E-state index < -0.39 is 0 Å². The van der Waals surface area contributed by atoms with Crippen LogP contribution in [0.1, 0.15) is 23.2 Å². The molecule has 0 spiro atoms. The van der Waals surface area contributed by atoms with Crippen molar-refractivity contribution in [1.82, 2.24) is 0 Å². The molecule has 3 nitrogen and oxygen atoms in total. The molecule has 1 saturated carbocycles. The highest BCUT2D eigenvalue weighted by molar-refractivity contribution is 9.10. The van der Waals surface area contributed by atoms with Gasteiger partial charge in [0.15, 0.2) is 0 Å². The first-order chi connectivity index (χ1) is 7.18. The van der Waals surface area contributed by atoms with E-state index in [2.05, 4.69) is 15.9 Å². The van der Waals surface area contributed by atoms with Crippen LogP contribution in [0.15, 0.2) is 22.7 Å². The fourth-order valence-corrected chi connectivity index (χ4v) is 1.64. The molecule has 0 heterocycles. The molecule has 4 heteroatoms. The molecule has 0 unspecified atom stereocenters. The molecule has 0 saturated heterocycles. The van der Waals surface area contributed by atoms with Crippen LogP contribution in [0.25, 0.3) is 0 Å². The molecule has 0 aliphatic heterocycles. The van der Waals surface area contributed by atoms with Crippen LogP contribution in [-0.2, 0) is 4.74 Å². The molecule has 0 amide bonds. The maximum atomic E-state index is 11.6. The number of anilines is 1. The van der Waals surface area contributed by atoms with Gasteiger partial charge in [0.05, 0.1) is 17.9 Å². The molecule has 0 radical (unpaired) electrons. The molecule has 1 fully saturated rings. The second kappa shape index (κ2) is 4.23. The number of benzene rings is 1. The third-order valence-electron chi connectivity index (χ3n) is 2.42. The smallest absolute Gasteiger partial charge is 0.340 e. The molecule has 1 aliphatic carbocycles. The van der Waals surface area contributed by atoms with E-state index in [1.807, 2.05) is 0 Å². The standard InChI is InChI=1S/C11H12BrNO2/c12-9-3-1-2-8(10(9)13)11(14)15-6-7-4-5-7/h1-3,7H,4-6,13H2. The first-order valence-electron chi connectivity index (χ1n) is 4.89. The van der Waals surface area contributed by atoms with Gasteiger partial charge in [-0.3, -0.25) is 0 Å². The summed E-state index contributed by atoms with van der Waals surface area (Å²) in [5.74, 6) is 0.239. The number of nitrogens with two attached hydrogens (primary N) is 1. The summed E-state index contributed by atoms with van der Waals surface area (Å²) in [6.45, 7) is 0.519. The van der Waals surface area contributed by atoms with Gasteiger partial charge >= 0.3 is 5.97 Å².